The van der Waals surface area contributed by atoms with Crippen LogP contribution >= 0.6 is 11.3 Å². The van der Waals surface area contributed by atoms with Crippen molar-refractivity contribution in [2.45, 2.75) is 56.5 Å². The number of carboxylic acids is 1. The van der Waals surface area contributed by atoms with Crippen molar-refractivity contribution < 1.29 is 31.5 Å². The largest absolute Gasteiger partial charge is 0.511 e. The lowest BCUT2D eigenvalue weighted by Crippen LogP contribution is -2.30. The Morgan fingerprint density at radius 2 is 1.97 bits per heavy atom. The van der Waals surface area contributed by atoms with Gasteiger partial charge in [0.2, 0.25) is 0 Å². The lowest BCUT2D eigenvalue weighted by atomic mass is 9.86. The lowest BCUT2D eigenvalue weighted by molar-refractivity contribution is -0.141. The van der Waals surface area contributed by atoms with Crippen LogP contribution in [0.4, 0.5) is 13.2 Å². The number of aryl methyl sites for hydroxylation is 2. The molecule has 0 amide bonds. The SMILES string of the molecule is Cc1cc(C)c2nc(C3CC3)n(Cc3ccc(C4(C(=O)O)C=C=CC4)s3)c2n1.NS(=O)(=O)C(F)(F)F. The Labute approximate surface area is 209 Å². The molecule has 0 bridgehead atoms. The summed E-state index contributed by atoms with van der Waals surface area (Å²) in [5, 5.41) is 13.5. The molecule has 1 saturated carbocycles. The quantitative estimate of drug-likeness (QED) is 0.465. The van der Waals surface area contributed by atoms with E-state index in [9.17, 15) is 31.5 Å². The van der Waals surface area contributed by atoms with Gasteiger partial charge in [-0.05, 0) is 69.0 Å². The summed E-state index contributed by atoms with van der Waals surface area (Å²) >= 11 is 1.56. The summed E-state index contributed by atoms with van der Waals surface area (Å²) in [5.41, 5.74) is 0.751. The number of halogens is 3. The number of primary sulfonamides is 1. The van der Waals surface area contributed by atoms with E-state index in [1.807, 2.05) is 19.1 Å². The highest BCUT2D eigenvalue weighted by Gasteiger charge is 2.42. The van der Waals surface area contributed by atoms with Crippen molar-refractivity contribution in [1.82, 2.24) is 14.5 Å². The minimum atomic E-state index is -5.34. The average Bonchev–Trinajstić information content (AvgIpc) is 3.16. The van der Waals surface area contributed by atoms with Crippen LogP contribution < -0.4 is 5.14 Å². The van der Waals surface area contributed by atoms with Gasteiger partial charge in [-0.3, -0.25) is 4.79 Å². The first kappa shape index (κ1) is 26.1. The monoisotopic (exact) mass is 540 g/mol. The number of carboxylic acid groups (broad SMARTS) is 1. The zero-order valence-electron chi connectivity index (χ0n) is 19.3. The molecule has 13 heteroatoms. The van der Waals surface area contributed by atoms with E-state index in [1.54, 1.807) is 23.5 Å². The molecule has 2 aliphatic rings. The maximum atomic E-state index is 11.9. The molecule has 1 unspecified atom stereocenters. The number of nitrogens with zero attached hydrogens (tertiary/aromatic N) is 3. The highest BCUT2D eigenvalue weighted by atomic mass is 32.2. The van der Waals surface area contributed by atoms with Crippen molar-refractivity contribution in [3.05, 3.63) is 62.9 Å². The van der Waals surface area contributed by atoms with Crippen molar-refractivity contribution in [3.63, 3.8) is 0 Å². The van der Waals surface area contributed by atoms with Gasteiger partial charge in [0.25, 0.3) is 0 Å². The maximum absolute atomic E-state index is 11.9. The average molecular weight is 541 g/mol. The molecule has 1 fully saturated rings. The molecule has 3 heterocycles. The van der Waals surface area contributed by atoms with Gasteiger partial charge in [0, 0.05) is 21.4 Å². The van der Waals surface area contributed by atoms with Crippen LogP contribution in [0.2, 0.25) is 0 Å². The van der Waals surface area contributed by atoms with Crippen LogP contribution in [0.15, 0.2) is 36.1 Å². The van der Waals surface area contributed by atoms with Crippen molar-refractivity contribution in [3.8, 4) is 0 Å². The second-order valence-electron chi connectivity index (χ2n) is 8.84. The van der Waals surface area contributed by atoms with Crippen LogP contribution in [0, 0.1) is 13.8 Å². The van der Waals surface area contributed by atoms with Crippen molar-refractivity contribution in [2.24, 2.45) is 5.14 Å². The second kappa shape index (κ2) is 9.15. The van der Waals surface area contributed by atoms with E-state index in [2.05, 4.69) is 28.4 Å². The number of aliphatic carboxylic acids is 1. The normalized spacial score (nSPS) is 19.5. The number of rotatable bonds is 5. The number of alkyl halides is 3. The number of nitrogens with two attached hydrogens (primary N) is 1. The fourth-order valence-electron chi connectivity index (χ4n) is 3.99. The number of fused-ring (bicyclic) bond motifs is 1. The Hall–Kier alpha value is -2.99. The van der Waals surface area contributed by atoms with E-state index >= 15 is 0 Å². The Morgan fingerprint density at radius 3 is 2.50 bits per heavy atom. The number of thiophene rings is 1. The van der Waals surface area contributed by atoms with Crippen molar-refractivity contribution in [1.29, 1.82) is 0 Å². The van der Waals surface area contributed by atoms with Crippen LogP contribution in [0.1, 0.15) is 52.0 Å². The Morgan fingerprint density at radius 1 is 1.31 bits per heavy atom. The van der Waals surface area contributed by atoms with E-state index in [0.29, 0.717) is 18.9 Å². The smallest absolute Gasteiger partial charge is 0.480 e. The zero-order chi connectivity index (χ0) is 26.5. The third-order valence-corrected chi connectivity index (χ3v) is 7.88. The number of hydrogen-bond donors (Lipinski definition) is 2. The zero-order valence-corrected chi connectivity index (χ0v) is 21.0. The van der Waals surface area contributed by atoms with Crippen LogP contribution in [-0.2, 0) is 26.8 Å². The van der Waals surface area contributed by atoms with Crippen LogP contribution in [0.3, 0.4) is 0 Å². The number of carbonyl (C=O) groups is 1. The second-order valence-corrected chi connectivity index (χ2v) is 11.6. The summed E-state index contributed by atoms with van der Waals surface area (Å²) < 4.78 is 53.4. The first-order valence-electron chi connectivity index (χ1n) is 10.9. The number of sulfonamides is 1. The fourth-order valence-corrected chi connectivity index (χ4v) is 5.15. The van der Waals surface area contributed by atoms with E-state index in [4.69, 9.17) is 9.97 Å². The van der Waals surface area contributed by atoms with E-state index < -0.39 is 26.9 Å². The van der Waals surface area contributed by atoms with Gasteiger partial charge in [0.1, 0.15) is 16.8 Å². The molecular formula is C23H23F3N4O4S2. The molecule has 3 aromatic heterocycles. The van der Waals surface area contributed by atoms with Gasteiger partial charge in [-0.1, -0.05) is 0 Å². The highest BCUT2D eigenvalue weighted by molar-refractivity contribution is 7.90. The third kappa shape index (κ3) is 4.96. The standard InChI is InChI=1S/C22H21N3O2S.CH2F3NO2S/c1-13-11-14(2)23-20-18(13)24-19(15-5-6-15)25(20)12-16-7-8-17(28-16)22(21(26)27)9-3-4-10-22;2-1(3,4)8(5,6)7/h3,7-8,10-11,15H,5-6,9,12H2,1-2H3,(H,26,27);(H2,5,6,7). The molecule has 0 radical (unpaired) electrons. The number of aromatic nitrogens is 3. The summed E-state index contributed by atoms with van der Waals surface area (Å²) in [5.74, 6) is 0.809. The molecule has 2 aliphatic carbocycles. The Kier molecular flexibility index (Phi) is 6.63. The molecule has 8 nitrogen and oxygen atoms in total. The van der Waals surface area contributed by atoms with Crippen LogP contribution in [-0.4, -0.2) is 39.5 Å². The first-order valence-corrected chi connectivity index (χ1v) is 13.3. The van der Waals surface area contributed by atoms with Gasteiger partial charge in [0.05, 0.1) is 6.54 Å². The molecule has 0 aliphatic heterocycles. The summed E-state index contributed by atoms with van der Waals surface area (Å²) in [7, 11) is -5.34. The van der Waals surface area contributed by atoms with Gasteiger partial charge in [-0.25, -0.2) is 23.5 Å². The fraction of sp³-hybridized carbons (Fsp3) is 0.391. The molecule has 192 valence electrons. The molecule has 3 aromatic rings. The molecule has 0 aromatic carbocycles. The third-order valence-electron chi connectivity index (χ3n) is 5.99. The van der Waals surface area contributed by atoms with Gasteiger partial charge < -0.3 is 9.67 Å². The van der Waals surface area contributed by atoms with E-state index in [-0.39, 0.29) is 0 Å². The predicted octanol–water partition coefficient (Wildman–Crippen LogP) is 4.27. The van der Waals surface area contributed by atoms with Gasteiger partial charge in [-0.15, -0.1) is 17.1 Å². The summed E-state index contributed by atoms with van der Waals surface area (Å²) in [4.78, 5) is 23.6. The Balaban J connectivity index is 0.000000331. The topological polar surface area (TPSA) is 128 Å². The molecule has 1 atom stereocenters. The van der Waals surface area contributed by atoms with Gasteiger partial charge >= 0.3 is 21.5 Å². The van der Waals surface area contributed by atoms with Gasteiger partial charge in [0.15, 0.2) is 5.65 Å². The maximum Gasteiger partial charge on any atom is 0.511 e. The molecule has 3 N–H and O–H groups in total. The molecule has 0 saturated heterocycles. The van der Waals surface area contributed by atoms with Crippen molar-refractivity contribution >= 4 is 38.5 Å². The molecular weight excluding hydrogens is 517 g/mol. The molecule has 5 rings (SSSR count). The number of pyridine rings is 1. The van der Waals surface area contributed by atoms with Crippen molar-refractivity contribution in [2.75, 3.05) is 0 Å². The minimum Gasteiger partial charge on any atom is -0.480 e. The van der Waals surface area contributed by atoms with Crippen LogP contribution in [0.5, 0.6) is 0 Å². The molecule has 0 spiro atoms. The summed E-state index contributed by atoms with van der Waals surface area (Å²) in [6.45, 7) is 4.78. The highest BCUT2D eigenvalue weighted by Crippen LogP contribution is 2.42. The lowest BCUT2D eigenvalue weighted by Gasteiger charge is -2.19. The number of imidazole rings is 1. The van der Waals surface area contributed by atoms with E-state index in [0.717, 1.165) is 38.0 Å². The van der Waals surface area contributed by atoms with E-state index in [1.165, 1.54) is 12.8 Å². The van der Waals surface area contributed by atoms with Gasteiger partial charge in [-0.2, -0.15) is 13.2 Å². The predicted molar refractivity (Wildman–Crippen MR) is 128 cm³/mol. The first-order chi connectivity index (χ1) is 16.7. The Bertz CT molecular complexity index is 1510. The molecule has 36 heavy (non-hydrogen) atoms. The number of hydrogen-bond acceptors (Lipinski definition) is 6. The minimum absolute atomic E-state index is 0.462. The summed E-state index contributed by atoms with van der Waals surface area (Å²) in [6, 6.07) is 6.07. The summed E-state index contributed by atoms with van der Waals surface area (Å²) in [6.07, 6.45) is 6.30. The van der Waals surface area contributed by atoms with Crippen LogP contribution in [0.25, 0.3) is 11.2 Å².